The second-order valence-electron chi connectivity index (χ2n) is 7.85. The summed E-state index contributed by atoms with van der Waals surface area (Å²) in [5, 5.41) is 9.99. The Labute approximate surface area is 174 Å². The van der Waals surface area contributed by atoms with Crippen molar-refractivity contribution in [3.8, 4) is 0 Å². The summed E-state index contributed by atoms with van der Waals surface area (Å²) in [6.07, 6.45) is 9.75. The zero-order valence-corrected chi connectivity index (χ0v) is 18.1. The Morgan fingerprint density at radius 3 is 2.38 bits per heavy atom. The first kappa shape index (κ1) is 22.5. The summed E-state index contributed by atoms with van der Waals surface area (Å²) in [4.78, 5) is 27.1. The molecule has 1 amide bonds. The van der Waals surface area contributed by atoms with Crippen LogP contribution in [-0.2, 0) is 9.59 Å². The zero-order valence-electron chi connectivity index (χ0n) is 18.1. The Hall–Kier alpha value is -2.76. The van der Waals surface area contributed by atoms with Crippen LogP contribution >= 0.6 is 0 Å². The van der Waals surface area contributed by atoms with Gasteiger partial charge in [0.15, 0.2) is 0 Å². The Morgan fingerprint density at radius 1 is 1.10 bits per heavy atom. The van der Waals surface area contributed by atoms with Crippen molar-refractivity contribution in [2.45, 2.75) is 52.5 Å². The first-order valence-electron chi connectivity index (χ1n) is 10.2. The van der Waals surface area contributed by atoms with Crippen LogP contribution in [0.25, 0.3) is 0 Å². The SMILES string of the molecule is CCCC(=O)CC(=O)N(N=Nc1ccc(N(C)C)cc1)C1C=CC=CC1(C)CC. The predicted octanol–water partition coefficient (Wildman–Crippen LogP) is 5.25. The van der Waals surface area contributed by atoms with E-state index in [1.165, 1.54) is 5.01 Å². The number of carbonyl (C=O) groups excluding carboxylic acids is 2. The molecule has 0 heterocycles. The largest absolute Gasteiger partial charge is 0.378 e. The van der Waals surface area contributed by atoms with E-state index in [0.29, 0.717) is 12.1 Å². The number of benzene rings is 1. The van der Waals surface area contributed by atoms with Gasteiger partial charge in [-0.1, -0.05) is 50.3 Å². The summed E-state index contributed by atoms with van der Waals surface area (Å²) in [6, 6.07) is 7.33. The number of hydrogen-bond acceptors (Lipinski definition) is 5. The van der Waals surface area contributed by atoms with Crippen molar-refractivity contribution in [2.75, 3.05) is 19.0 Å². The molecule has 2 atom stereocenters. The number of allylic oxidation sites excluding steroid dienone is 2. The lowest BCUT2D eigenvalue weighted by molar-refractivity contribution is -0.138. The predicted molar refractivity (Wildman–Crippen MR) is 117 cm³/mol. The van der Waals surface area contributed by atoms with Crippen LogP contribution in [0.15, 0.2) is 58.9 Å². The summed E-state index contributed by atoms with van der Waals surface area (Å²) >= 11 is 0. The number of nitrogens with zero attached hydrogens (tertiary/aromatic N) is 4. The van der Waals surface area contributed by atoms with Crippen molar-refractivity contribution < 1.29 is 9.59 Å². The van der Waals surface area contributed by atoms with Gasteiger partial charge in [-0.05, 0) is 37.1 Å². The van der Waals surface area contributed by atoms with E-state index in [1.54, 1.807) is 0 Å². The van der Waals surface area contributed by atoms with Crippen LogP contribution in [0.2, 0.25) is 0 Å². The lowest BCUT2D eigenvalue weighted by atomic mass is 9.76. The van der Waals surface area contributed by atoms with Gasteiger partial charge in [0.2, 0.25) is 0 Å². The van der Waals surface area contributed by atoms with E-state index in [4.69, 9.17) is 0 Å². The molecule has 1 aliphatic rings. The summed E-state index contributed by atoms with van der Waals surface area (Å²) in [5.74, 6) is -0.386. The fraction of sp³-hybridized carbons (Fsp3) is 0.478. The molecule has 0 saturated carbocycles. The molecule has 0 N–H and O–H groups in total. The summed E-state index contributed by atoms with van der Waals surface area (Å²) in [5.41, 5.74) is 1.44. The first-order valence-corrected chi connectivity index (χ1v) is 10.2. The third-order valence-electron chi connectivity index (χ3n) is 5.34. The van der Waals surface area contributed by atoms with E-state index in [-0.39, 0.29) is 29.6 Å². The van der Waals surface area contributed by atoms with Crippen molar-refractivity contribution >= 4 is 23.1 Å². The van der Waals surface area contributed by atoms with Gasteiger partial charge < -0.3 is 4.90 Å². The smallest absolute Gasteiger partial charge is 0.252 e. The molecule has 29 heavy (non-hydrogen) atoms. The number of ketones is 1. The number of Topliss-reactive ketones (excluding diaryl/α,β-unsaturated/α-hetero) is 1. The molecular weight excluding hydrogens is 364 g/mol. The molecule has 2 unspecified atom stereocenters. The van der Waals surface area contributed by atoms with Crippen molar-refractivity contribution in [3.63, 3.8) is 0 Å². The number of carbonyl (C=O) groups is 2. The number of anilines is 1. The maximum Gasteiger partial charge on any atom is 0.252 e. The maximum atomic E-state index is 13.0. The van der Waals surface area contributed by atoms with Gasteiger partial charge in [-0.15, -0.1) is 5.11 Å². The molecule has 0 saturated heterocycles. The molecule has 6 nitrogen and oxygen atoms in total. The van der Waals surface area contributed by atoms with E-state index in [9.17, 15) is 9.59 Å². The van der Waals surface area contributed by atoms with Gasteiger partial charge in [0, 0.05) is 31.6 Å². The third-order valence-corrected chi connectivity index (χ3v) is 5.34. The monoisotopic (exact) mass is 396 g/mol. The molecule has 0 radical (unpaired) electrons. The normalized spacial score (nSPS) is 20.8. The fourth-order valence-electron chi connectivity index (χ4n) is 3.25. The average Bonchev–Trinajstić information content (AvgIpc) is 2.70. The highest BCUT2D eigenvalue weighted by Crippen LogP contribution is 2.35. The molecule has 0 bridgehead atoms. The van der Waals surface area contributed by atoms with Crippen LogP contribution in [0.5, 0.6) is 0 Å². The van der Waals surface area contributed by atoms with E-state index in [0.717, 1.165) is 18.5 Å². The highest BCUT2D eigenvalue weighted by Gasteiger charge is 2.37. The molecule has 0 aromatic heterocycles. The number of hydrogen-bond donors (Lipinski definition) is 0. The zero-order chi connectivity index (χ0) is 21.4. The Morgan fingerprint density at radius 2 is 1.79 bits per heavy atom. The minimum atomic E-state index is -0.318. The quantitative estimate of drug-likeness (QED) is 0.325. The van der Waals surface area contributed by atoms with Gasteiger partial charge in [-0.3, -0.25) is 9.59 Å². The van der Waals surface area contributed by atoms with Crippen molar-refractivity contribution in [2.24, 2.45) is 15.8 Å². The topological polar surface area (TPSA) is 65.3 Å². The second kappa shape index (κ2) is 10.1. The molecule has 1 aliphatic carbocycles. The van der Waals surface area contributed by atoms with Gasteiger partial charge in [0.25, 0.3) is 5.91 Å². The van der Waals surface area contributed by atoms with Crippen molar-refractivity contribution in [1.82, 2.24) is 5.01 Å². The summed E-state index contributed by atoms with van der Waals surface area (Å²) in [7, 11) is 3.94. The highest BCUT2D eigenvalue weighted by atomic mass is 16.2. The van der Waals surface area contributed by atoms with E-state index < -0.39 is 0 Å². The fourth-order valence-corrected chi connectivity index (χ4v) is 3.25. The van der Waals surface area contributed by atoms with Crippen LogP contribution in [-0.4, -0.2) is 36.8 Å². The minimum Gasteiger partial charge on any atom is -0.378 e. The van der Waals surface area contributed by atoms with E-state index in [1.807, 2.05) is 68.4 Å². The Balaban J connectivity index is 2.31. The van der Waals surface area contributed by atoms with E-state index >= 15 is 0 Å². The summed E-state index contributed by atoms with van der Waals surface area (Å²) < 4.78 is 0. The van der Waals surface area contributed by atoms with Crippen molar-refractivity contribution in [3.05, 3.63) is 48.6 Å². The molecule has 0 fully saturated rings. The minimum absolute atomic E-state index is 0.0680. The second-order valence-corrected chi connectivity index (χ2v) is 7.85. The summed E-state index contributed by atoms with van der Waals surface area (Å²) in [6.45, 7) is 6.10. The first-order chi connectivity index (χ1) is 13.8. The van der Waals surface area contributed by atoms with Gasteiger partial charge >= 0.3 is 0 Å². The number of amides is 1. The third kappa shape index (κ3) is 5.86. The molecular formula is C23H32N4O2. The average molecular weight is 397 g/mol. The Kier molecular flexibility index (Phi) is 7.88. The van der Waals surface area contributed by atoms with E-state index in [2.05, 4.69) is 30.3 Å². The van der Waals surface area contributed by atoms with Crippen LogP contribution in [0.3, 0.4) is 0 Å². The number of rotatable bonds is 9. The van der Waals surface area contributed by atoms with Gasteiger partial charge in [-0.2, -0.15) is 0 Å². The van der Waals surface area contributed by atoms with Crippen molar-refractivity contribution in [1.29, 1.82) is 0 Å². The van der Waals surface area contributed by atoms with Gasteiger partial charge in [0.1, 0.15) is 5.78 Å². The molecule has 0 spiro atoms. The van der Waals surface area contributed by atoms with Crippen LogP contribution in [0.4, 0.5) is 11.4 Å². The van der Waals surface area contributed by atoms with Crippen LogP contribution in [0.1, 0.15) is 46.5 Å². The highest BCUT2D eigenvalue weighted by molar-refractivity contribution is 5.98. The molecule has 0 aliphatic heterocycles. The molecule has 1 aromatic rings. The van der Waals surface area contributed by atoms with Crippen LogP contribution < -0.4 is 4.90 Å². The Bertz CT molecular complexity index is 796. The molecule has 1 aromatic carbocycles. The molecule has 6 heteroatoms. The standard InChI is InChI=1S/C23H32N4O2/c1-6-10-20(28)17-22(29)27(21-11-8-9-16-23(21,3)7-2)25-24-18-12-14-19(15-13-18)26(4)5/h8-9,11-16,21H,6-7,10,17H2,1-5H3. The molecule has 2 rings (SSSR count). The lowest BCUT2D eigenvalue weighted by Crippen LogP contribution is -2.45. The van der Waals surface area contributed by atoms with Crippen LogP contribution in [0, 0.1) is 5.41 Å². The molecule has 156 valence electrons. The van der Waals surface area contributed by atoms with Gasteiger partial charge in [-0.25, -0.2) is 5.01 Å². The maximum absolute atomic E-state index is 13.0. The van der Waals surface area contributed by atoms with Gasteiger partial charge in [0.05, 0.1) is 18.2 Å². The lowest BCUT2D eigenvalue weighted by Gasteiger charge is -2.38.